The average Bonchev–Trinajstić information content (AvgIpc) is 3.35. The standard InChI is InChI=1S/C19H20F4N4O2/c20-12-5-3-11(4-6-12)15-8-16(19(21,22)23)27-17(26-15)14(10-25-27)18(28)24-9-13-2-1-7-29-13/h3-6,10,13,15-16,26H,1-2,7-9H2,(H,24,28)/t13-,15+,16-/m0/s1. The van der Waals surface area contributed by atoms with Gasteiger partial charge >= 0.3 is 6.18 Å². The van der Waals surface area contributed by atoms with Crippen LogP contribution in [0.15, 0.2) is 30.5 Å². The first-order chi connectivity index (χ1) is 13.8. The van der Waals surface area contributed by atoms with E-state index in [4.69, 9.17) is 4.74 Å². The zero-order valence-corrected chi connectivity index (χ0v) is 15.4. The van der Waals surface area contributed by atoms with Crippen LogP contribution in [0.1, 0.15) is 47.3 Å². The molecule has 2 aliphatic heterocycles. The molecular formula is C19H20F4N4O2. The molecule has 0 aliphatic carbocycles. The maximum absolute atomic E-state index is 13.7. The van der Waals surface area contributed by atoms with Crippen LogP contribution >= 0.6 is 0 Å². The Hall–Kier alpha value is -2.62. The number of alkyl halides is 3. The Morgan fingerprint density at radius 1 is 1.31 bits per heavy atom. The summed E-state index contributed by atoms with van der Waals surface area (Å²) >= 11 is 0. The van der Waals surface area contributed by atoms with E-state index in [0.717, 1.165) is 23.7 Å². The van der Waals surface area contributed by atoms with Gasteiger partial charge in [0.15, 0.2) is 6.04 Å². The molecule has 0 spiro atoms. The Morgan fingerprint density at radius 3 is 2.72 bits per heavy atom. The second kappa shape index (κ2) is 7.66. The predicted molar refractivity (Wildman–Crippen MR) is 96.0 cm³/mol. The van der Waals surface area contributed by atoms with Gasteiger partial charge < -0.3 is 15.4 Å². The molecule has 0 bridgehead atoms. The number of ether oxygens (including phenoxy) is 1. The lowest BCUT2D eigenvalue weighted by Crippen LogP contribution is -2.37. The summed E-state index contributed by atoms with van der Waals surface area (Å²) in [5.74, 6) is -0.996. The fourth-order valence-electron chi connectivity index (χ4n) is 3.75. The number of halogens is 4. The molecule has 3 heterocycles. The largest absolute Gasteiger partial charge is 0.410 e. The summed E-state index contributed by atoms with van der Waals surface area (Å²) in [7, 11) is 0. The van der Waals surface area contributed by atoms with E-state index in [9.17, 15) is 22.4 Å². The maximum atomic E-state index is 13.7. The van der Waals surface area contributed by atoms with Crippen molar-refractivity contribution < 1.29 is 27.1 Å². The first-order valence-electron chi connectivity index (χ1n) is 9.39. The van der Waals surface area contributed by atoms with Crippen molar-refractivity contribution in [3.8, 4) is 0 Å². The number of amides is 1. The van der Waals surface area contributed by atoms with E-state index >= 15 is 0 Å². The molecule has 0 saturated carbocycles. The SMILES string of the molecule is O=C(NC[C@@H]1CCCO1)c1cnn2c1N[C@@H](c1ccc(F)cc1)C[C@H]2C(F)(F)F. The van der Waals surface area contributed by atoms with E-state index in [1.54, 1.807) is 0 Å². The first-order valence-corrected chi connectivity index (χ1v) is 9.39. The molecule has 0 radical (unpaired) electrons. The number of hydrogen-bond acceptors (Lipinski definition) is 4. The van der Waals surface area contributed by atoms with Gasteiger partial charge in [-0.1, -0.05) is 12.1 Å². The Balaban J connectivity index is 1.60. The summed E-state index contributed by atoms with van der Waals surface area (Å²) in [6.07, 6.45) is -2.08. The summed E-state index contributed by atoms with van der Waals surface area (Å²) in [5, 5.41) is 9.51. The van der Waals surface area contributed by atoms with E-state index < -0.39 is 30.0 Å². The van der Waals surface area contributed by atoms with Crippen LogP contribution in [0.4, 0.5) is 23.4 Å². The highest BCUT2D eigenvalue weighted by atomic mass is 19.4. The molecule has 156 valence electrons. The zero-order valence-electron chi connectivity index (χ0n) is 15.4. The fraction of sp³-hybridized carbons (Fsp3) is 0.474. The smallest absolute Gasteiger partial charge is 0.376 e. The molecule has 2 aromatic rings. The molecule has 1 saturated heterocycles. The summed E-state index contributed by atoms with van der Waals surface area (Å²) in [5.41, 5.74) is 0.530. The topological polar surface area (TPSA) is 68.2 Å². The van der Waals surface area contributed by atoms with Crippen LogP contribution in [-0.2, 0) is 4.74 Å². The number of nitrogens with one attached hydrogen (secondary N) is 2. The van der Waals surface area contributed by atoms with E-state index in [1.807, 2.05) is 0 Å². The number of nitrogens with zero attached hydrogens (tertiary/aromatic N) is 2. The number of benzene rings is 1. The van der Waals surface area contributed by atoms with Crippen LogP contribution in [0.25, 0.3) is 0 Å². The highest BCUT2D eigenvalue weighted by molar-refractivity contribution is 5.98. The van der Waals surface area contributed by atoms with Crippen LogP contribution in [0.3, 0.4) is 0 Å². The fourth-order valence-corrected chi connectivity index (χ4v) is 3.75. The number of carbonyl (C=O) groups excluding carboxylic acids is 1. The van der Waals surface area contributed by atoms with Gasteiger partial charge in [0.1, 0.15) is 17.2 Å². The number of hydrogen-bond donors (Lipinski definition) is 2. The van der Waals surface area contributed by atoms with Gasteiger partial charge in [-0.05, 0) is 30.5 Å². The van der Waals surface area contributed by atoms with Crippen molar-refractivity contribution >= 4 is 11.7 Å². The number of fused-ring (bicyclic) bond motifs is 1. The van der Waals surface area contributed by atoms with E-state index in [0.29, 0.717) is 12.2 Å². The summed E-state index contributed by atoms with van der Waals surface area (Å²) < 4.78 is 60.5. The molecule has 1 aromatic heterocycles. The quantitative estimate of drug-likeness (QED) is 0.754. The monoisotopic (exact) mass is 412 g/mol. The Morgan fingerprint density at radius 2 is 2.07 bits per heavy atom. The summed E-state index contributed by atoms with van der Waals surface area (Å²) in [4.78, 5) is 12.6. The third-order valence-corrected chi connectivity index (χ3v) is 5.27. The normalized spacial score (nSPS) is 24.1. The van der Waals surface area contributed by atoms with Gasteiger partial charge in [-0.15, -0.1) is 0 Å². The van der Waals surface area contributed by atoms with Gasteiger partial charge in [0.05, 0.1) is 18.3 Å². The van der Waals surface area contributed by atoms with Gasteiger partial charge in [-0.2, -0.15) is 18.3 Å². The Labute approximate surface area is 164 Å². The molecule has 0 unspecified atom stereocenters. The van der Waals surface area contributed by atoms with Crippen molar-refractivity contribution in [1.82, 2.24) is 15.1 Å². The lowest BCUT2D eigenvalue weighted by atomic mass is 9.96. The maximum Gasteiger partial charge on any atom is 0.410 e. The second-order valence-electron chi connectivity index (χ2n) is 7.24. The molecule has 6 nitrogen and oxygen atoms in total. The summed E-state index contributed by atoms with van der Waals surface area (Å²) in [6.45, 7) is 0.922. The van der Waals surface area contributed by atoms with Crippen molar-refractivity contribution in [2.75, 3.05) is 18.5 Å². The van der Waals surface area contributed by atoms with E-state index in [-0.39, 0.29) is 30.5 Å². The first kappa shape index (κ1) is 19.7. The lowest BCUT2D eigenvalue weighted by Gasteiger charge is -2.34. The minimum atomic E-state index is -4.55. The van der Waals surface area contributed by atoms with Crippen molar-refractivity contribution in [2.24, 2.45) is 0 Å². The molecule has 1 amide bonds. The minimum Gasteiger partial charge on any atom is -0.376 e. The number of anilines is 1. The molecule has 10 heteroatoms. The number of rotatable bonds is 4. The number of carbonyl (C=O) groups is 1. The molecular weight excluding hydrogens is 392 g/mol. The second-order valence-corrected chi connectivity index (χ2v) is 7.24. The highest BCUT2D eigenvalue weighted by Crippen LogP contribution is 2.44. The van der Waals surface area contributed by atoms with Crippen LogP contribution in [0, 0.1) is 5.82 Å². The van der Waals surface area contributed by atoms with Crippen LogP contribution < -0.4 is 10.6 Å². The Bertz CT molecular complexity index is 875. The number of aromatic nitrogens is 2. The van der Waals surface area contributed by atoms with E-state index in [2.05, 4.69) is 15.7 Å². The van der Waals surface area contributed by atoms with Gasteiger partial charge in [0.2, 0.25) is 0 Å². The van der Waals surface area contributed by atoms with Gasteiger partial charge in [-0.3, -0.25) is 4.79 Å². The highest BCUT2D eigenvalue weighted by Gasteiger charge is 2.47. The van der Waals surface area contributed by atoms with Crippen LogP contribution in [0.2, 0.25) is 0 Å². The third kappa shape index (κ3) is 4.07. The van der Waals surface area contributed by atoms with Crippen LogP contribution in [-0.4, -0.2) is 41.1 Å². The van der Waals surface area contributed by atoms with Crippen molar-refractivity contribution in [1.29, 1.82) is 0 Å². The molecule has 2 aliphatic rings. The molecule has 1 aromatic carbocycles. The lowest BCUT2D eigenvalue weighted by molar-refractivity contribution is -0.173. The molecule has 4 rings (SSSR count). The Kier molecular flexibility index (Phi) is 5.20. The van der Waals surface area contributed by atoms with Gasteiger partial charge in [-0.25, -0.2) is 9.07 Å². The van der Waals surface area contributed by atoms with Crippen LogP contribution in [0.5, 0.6) is 0 Å². The van der Waals surface area contributed by atoms with E-state index in [1.165, 1.54) is 24.3 Å². The molecule has 2 N–H and O–H groups in total. The minimum absolute atomic E-state index is 0.00209. The average molecular weight is 412 g/mol. The molecule has 1 fully saturated rings. The molecule has 3 atom stereocenters. The van der Waals surface area contributed by atoms with Gasteiger partial charge in [0, 0.05) is 19.6 Å². The zero-order chi connectivity index (χ0) is 20.6. The summed E-state index contributed by atoms with van der Waals surface area (Å²) in [6, 6.07) is 2.62. The van der Waals surface area contributed by atoms with Crippen molar-refractivity contribution in [3.05, 3.63) is 47.4 Å². The predicted octanol–water partition coefficient (Wildman–Crippen LogP) is 3.59. The molecule has 29 heavy (non-hydrogen) atoms. The third-order valence-electron chi connectivity index (χ3n) is 5.27. The van der Waals surface area contributed by atoms with Crippen molar-refractivity contribution in [3.63, 3.8) is 0 Å². The van der Waals surface area contributed by atoms with Crippen molar-refractivity contribution in [2.45, 2.75) is 43.6 Å². The van der Waals surface area contributed by atoms with Gasteiger partial charge in [0.25, 0.3) is 5.91 Å².